The maximum Gasteiger partial charge on any atom is 0.173 e. The normalized spacial score (nSPS) is 13.5. The van der Waals surface area contributed by atoms with Crippen LogP contribution >= 0.6 is 0 Å². The molecule has 3 N–H and O–H groups in total. The number of hydrogen-bond donors (Lipinski definition) is 3. The fraction of sp³-hybridized carbons (Fsp3) is 0.185. The van der Waals surface area contributed by atoms with Crippen molar-refractivity contribution in [3.8, 4) is 11.5 Å². The zero-order valence-electron chi connectivity index (χ0n) is 21.8. The average Bonchev–Trinajstić information content (AvgIpc) is 3.56. The van der Waals surface area contributed by atoms with Gasteiger partial charge in [0.1, 0.15) is 11.5 Å². The van der Waals surface area contributed by atoms with Gasteiger partial charge in [0.25, 0.3) is 0 Å². The third kappa shape index (κ3) is 5.73. The number of rotatable bonds is 8. The molecule has 0 saturated carbocycles. The van der Waals surface area contributed by atoms with Crippen LogP contribution in [0.2, 0.25) is 0 Å². The van der Waals surface area contributed by atoms with Crippen LogP contribution in [0.25, 0.3) is 5.57 Å². The Hall–Kier alpha value is -5.30. The molecule has 0 atom stereocenters. The number of aliphatic hydroxyl groups excluding tert-OH is 1. The topological polar surface area (TPSA) is 173 Å². The maximum atomic E-state index is 11.1. The molecule has 0 radical (unpaired) electrons. The van der Waals surface area contributed by atoms with Crippen LogP contribution in [0.3, 0.4) is 0 Å². The summed E-state index contributed by atoms with van der Waals surface area (Å²) in [5, 5.41) is 62.7. The summed E-state index contributed by atoms with van der Waals surface area (Å²) in [4.78, 5) is 2.59. The Bertz CT molecular complexity index is 1590. The number of tetrazole rings is 2. The Kier molecular flexibility index (Phi) is 7.64. The second-order valence-corrected chi connectivity index (χ2v) is 8.97. The van der Waals surface area contributed by atoms with E-state index in [4.69, 9.17) is 0 Å². The van der Waals surface area contributed by atoms with E-state index in [1.165, 1.54) is 9.58 Å². The molecule has 0 bridgehead atoms. The number of nitrogens with zero attached hydrogens (tertiary/aromatic N) is 10. The van der Waals surface area contributed by atoms with Gasteiger partial charge < -0.3 is 15.3 Å². The molecule has 2 aromatic heterocycles. The molecule has 0 spiro atoms. The number of phenolic OH excluding ortho intramolecular Hbond substituents is 2. The van der Waals surface area contributed by atoms with E-state index in [1.807, 2.05) is 18.2 Å². The fourth-order valence-electron chi connectivity index (χ4n) is 4.20. The van der Waals surface area contributed by atoms with Crippen molar-refractivity contribution in [3.63, 3.8) is 0 Å². The van der Waals surface area contributed by atoms with Gasteiger partial charge in [0.2, 0.25) is 0 Å². The first kappa shape index (κ1) is 26.3. The third-order valence-electron chi connectivity index (χ3n) is 6.17. The molecule has 5 rings (SSSR count). The number of aryl methyl sites for hydroxylation is 2. The standard InChI is InChI=1S/C27H26N10O3/c1-17-30-32-34-36(17)28-15-20-6-8-25(39)23(13-20)27(22-5-3-4-19(12-22)10-11-38)24-14-21(7-9-26(24)40)16-29-37-18(2)31-33-35-37/h3-4,6-9,12-16,38-40H,5,10-11H2,1-2H3/b28-15+,29-16+. The summed E-state index contributed by atoms with van der Waals surface area (Å²) in [5.74, 6) is 1.09. The summed E-state index contributed by atoms with van der Waals surface area (Å²) in [7, 11) is 0. The molecule has 0 saturated heterocycles. The van der Waals surface area contributed by atoms with Crippen molar-refractivity contribution in [2.45, 2.75) is 26.7 Å². The Balaban J connectivity index is 1.65. The molecule has 2 heterocycles. The fourth-order valence-corrected chi connectivity index (χ4v) is 4.20. The molecule has 0 fully saturated rings. The molecule has 2 aromatic carbocycles. The van der Waals surface area contributed by atoms with Gasteiger partial charge in [-0.3, -0.25) is 0 Å². The summed E-state index contributed by atoms with van der Waals surface area (Å²) >= 11 is 0. The molecule has 1 aliphatic carbocycles. The van der Waals surface area contributed by atoms with Gasteiger partial charge in [-0.05, 0) is 112 Å². The predicted octanol–water partition coefficient (Wildman–Crippen LogP) is 2.52. The monoisotopic (exact) mass is 538 g/mol. The van der Waals surface area contributed by atoms with Crippen LogP contribution in [0, 0.1) is 13.8 Å². The van der Waals surface area contributed by atoms with E-state index in [0.717, 1.165) is 11.1 Å². The van der Waals surface area contributed by atoms with Gasteiger partial charge in [-0.15, -0.1) is 19.8 Å². The minimum Gasteiger partial charge on any atom is -0.507 e. The highest BCUT2D eigenvalue weighted by atomic mass is 16.3. The van der Waals surface area contributed by atoms with Crippen LogP contribution in [-0.2, 0) is 0 Å². The van der Waals surface area contributed by atoms with E-state index in [2.05, 4.69) is 41.3 Å². The van der Waals surface area contributed by atoms with Crippen molar-refractivity contribution in [1.29, 1.82) is 0 Å². The minimum absolute atomic E-state index is 0.000301. The van der Waals surface area contributed by atoms with Crippen LogP contribution in [-0.4, -0.2) is 75.0 Å². The van der Waals surface area contributed by atoms with Crippen LogP contribution < -0.4 is 0 Å². The van der Waals surface area contributed by atoms with E-state index < -0.39 is 0 Å². The number of aromatic nitrogens is 8. The Morgan fingerprint density at radius 3 is 1.90 bits per heavy atom. The number of aromatic hydroxyl groups is 2. The number of aliphatic hydroxyl groups is 1. The summed E-state index contributed by atoms with van der Waals surface area (Å²) in [5.41, 5.74) is 4.74. The lowest BCUT2D eigenvalue weighted by Gasteiger charge is -2.19. The zero-order chi connectivity index (χ0) is 28.1. The molecule has 40 heavy (non-hydrogen) atoms. The summed E-state index contributed by atoms with van der Waals surface area (Å²) < 4.78 is 0. The van der Waals surface area contributed by atoms with Crippen molar-refractivity contribution in [2.24, 2.45) is 10.2 Å². The van der Waals surface area contributed by atoms with E-state index in [-0.39, 0.29) is 18.1 Å². The van der Waals surface area contributed by atoms with Crippen molar-refractivity contribution in [2.75, 3.05) is 6.61 Å². The number of benzene rings is 2. The molecule has 13 heteroatoms. The SMILES string of the molecule is Cc1nnnn1/N=C/c1ccc(O)c(C(=C2C=C(CCO)C=CC2)c2cc(/C=N/n3nnnc3C)ccc2O)c1. The molecule has 4 aromatic rings. The largest absolute Gasteiger partial charge is 0.507 e. The number of allylic oxidation sites excluding steroid dienone is 4. The second-order valence-electron chi connectivity index (χ2n) is 8.97. The Labute approximate surface area is 228 Å². The average molecular weight is 539 g/mol. The number of phenols is 2. The van der Waals surface area contributed by atoms with Crippen molar-refractivity contribution in [3.05, 3.63) is 99.7 Å². The minimum atomic E-state index is 0.000301. The lowest BCUT2D eigenvalue weighted by molar-refractivity contribution is 0.300. The molecule has 202 valence electrons. The smallest absolute Gasteiger partial charge is 0.173 e. The Morgan fingerprint density at radius 2 is 1.43 bits per heavy atom. The van der Waals surface area contributed by atoms with E-state index in [9.17, 15) is 15.3 Å². The summed E-state index contributed by atoms with van der Waals surface area (Å²) in [6.45, 7) is 3.46. The highest BCUT2D eigenvalue weighted by molar-refractivity contribution is 5.93. The first-order valence-electron chi connectivity index (χ1n) is 12.4. The lowest BCUT2D eigenvalue weighted by Crippen LogP contribution is -2.01. The number of hydrogen-bond acceptors (Lipinski definition) is 11. The van der Waals surface area contributed by atoms with E-state index in [0.29, 0.717) is 52.3 Å². The third-order valence-corrected chi connectivity index (χ3v) is 6.17. The van der Waals surface area contributed by atoms with Crippen LogP contribution in [0.5, 0.6) is 11.5 Å². The summed E-state index contributed by atoms with van der Waals surface area (Å²) in [6, 6.07) is 10.1. The van der Waals surface area contributed by atoms with Gasteiger partial charge >= 0.3 is 0 Å². The van der Waals surface area contributed by atoms with Crippen LogP contribution in [0.1, 0.15) is 46.7 Å². The first-order chi connectivity index (χ1) is 19.4. The molecule has 13 nitrogen and oxygen atoms in total. The Morgan fingerprint density at radius 1 is 0.875 bits per heavy atom. The molecular formula is C27H26N10O3. The van der Waals surface area contributed by atoms with Crippen molar-refractivity contribution >= 4 is 18.0 Å². The van der Waals surface area contributed by atoms with Gasteiger partial charge in [-0.1, -0.05) is 18.2 Å². The van der Waals surface area contributed by atoms with Gasteiger partial charge in [0, 0.05) is 17.7 Å². The van der Waals surface area contributed by atoms with Crippen LogP contribution in [0.15, 0.2) is 76.0 Å². The first-order valence-corrected chi connectivity index (χ1v) is 12.4. The lowest BCUT2D eigenvalue weighted by atomic mass is 9.86. The van der Waals surface area contributed by atoms with Gasteiger partial charge in [0.05, 0.1) is 12.4 Å². The van der Waals surface area contributed by atoms with Gasteiger partial charge in [-0.2, -0.15) is 10.2 Å². The molecule has 0 aliphatic heterocycles. The molecule has 0 unspecified atom stereocenters. The summed E-state index contributed by atoms with van der Waals surface area (Å²) in [6.07, 6.45) is 10.1. The van der Waals surface area contributed by atoms with E-state index in [1.54, 1.807) is 62.7 Å². The highest BCUT2D eigenvalue weighted by Gasteiger charge is 2.20. The maximum absolute atomic E-state index is 11.1. The highest BCUT2D eigenvalue weighted by Crippen LogP contribution is 2.40. The van der Waals surface area contributed by atoms with Crippen molar-refractivity contribution < 1.29 is 15.3 Å². The quantitative estimate of drug-likeness (QED) is 0.285. The molecule has 1 aliphatic rings. The van der Waals surface area contributed by atoms with Crippen molar-refractivity contribution in [1.82, 2.24) is 40.6 Å². The van der Waals surface area contributed by atoms with E-state index >= 15 is 0 Å². The van der Waals surface area contributed by atoms with Crippen LogP contribution in [0.4, 0.5) is 0 Å². The zero-order valence-corrected chi connectivity index (χ0v) is 21.8. The predicted molar refractivity (Wildman–Crippen MR) is 147 cm³/mol. The molecule has 0 amide bonds. The van der Waals surface area contributed by atoms with Gasteiger partial charge in [-0.25, -0.2) is 0 Å². The molecular weight excluding hydrogens is 512 g/mol. The second kappa shape index (κ2) is 11.6. The van der Waals surface area contributed by atoms with Gasteiger partial charge in [0.15, 0.2) is 11.6 Å².